The Balaban J connectivity index is 2.04. The van der Waals surface area contributed by atoms with Crippen LogP contribution in [0, 0.1) is 11.3 Å². The molecule has 2 saturated heterocycles. The normalized spacial score (nSPS) is 26.9. The summed E-state index contributed by atoms with van der Waals surface area (Å²) >= 11 is 0. The summed E-state index contributed by atoms with van der Waals surface area (Å²) in [5.74, 6) is 1.79. The molecule has 134 valence electrons. The molecule has 23 heavy (non-hydrogen) atoms. The summed E-state index contributed by atoms with van der Waals surface area (Å²) in [5.41, 5.74) is 0.413. The quantitative estimate of drug-likeness (QED) is 0.614. The standard InChI is InChI=1S/C17H33N3O2S/c1-5-17(6-2)8-9-20(13-17)16(19-14(3)4)18-11-15-7-10-23(21,22)12-15/h14-15H,5-13H2,1-4H3,(H,18,19). The molecule has 0 aromatic heterocycles. The molecule has 1 unspecified atom stereocenters. The Hall–Kier alpha value is -0.780. The van der Waals surface area contributed by atoms with Crippen LogP contribution in [0.1, 0.15) is 53.4 Å². The molecule has 0 radical (unpaired) electrons. The van der Waals surface area contributed by atoms with Gasteiger partial charge in [0.2, 0.25) is 0 Å². The van der Waals surface area contributed by atoms with Gasteiger partial charge in [0.25, 0.3) is 0 Å². The van der Waals surface area contributed by atoms with Gasteiger partial charge in [-0.05, 0) is 50.9 Å². The van der Waals surface area contributed by atoms with Gasteiger partial charge in [0, 0.05) is 25.7 Å². The average Bonchev–Trinajstić information content (AvgIpc) is 3.07. The molecule has 2 fully saturated rings. The first-order valence-corrected chi connectivity index (χ1v) is 10.9. The van der Waals surface area contributed by atoms with Crippen molar-refractivity contribution in [3.05, 3.63) is 0 Å². The van der Waals surface area contributed by atoms with Crippen molar-refractivity contribution in [2.75, 3.05) is 31.1 Å². The van der Waals surface area contributed by atoms with Crippen molar-refractivity contribution in [3.63, 3.8) is 0 Å². The van der Waals surface area contributed by atoms with E-state index in [1.54, 1.807) is 0 Å². The van der Waals surface area contributed by atoms with Crippen LogP contribution in [-0.4, -0.2) is 56.5 Å². The molecule has 0 aromatic carbocycles. The number of hydrogen-bond donors (Lipinski definition) is 1. The first-order chi connectivity index (χ1) is 10.8. The smallest absolute Gasteiger partial charge is 0.194 e. The van der Waals surface area contributed by atoms with Crippen LogP contribution >= 0.6 is 0 Å². The minimum atomic E-state index is -2.82. The van der Waals surface area contributed by atoms with Gasteiger partial charge in [-0.3, -0.25) is 4.99 Å². The number of nitrogens with zero attached hydrogens (tertiary/aromatic N) is 2. The van der Waals surface area contributed by atoms with E-state index in [0.717, 1.165) is 25.5 Å². The van der Waals surface area contributed by atoms with Crippen molar-refractivity contribution in [2.45, 2.75) is 59.4 Å². The predicted molar refractivity (Wildman–Crippen MR) is 96.5 cm³/mol. The van der Waals surface area contributed by atoms with E-state index in [4.69, 9.17) is 4.99 Å². The number of sulfone groups is 1. The van der Waals surface area contributed by atoms with Crippen molar-refractivity contribution in [2.24, 2.45) is 16.3 Å². The maximum atomic E-state index is 11.6. The van der Waals surface area contributed by atoms with Crippen LogP contribution < -0.4 is 5.32 Å². The third-order valence-electron chi connectivity index (χ3n) is 5.48. The summed E-state index contributed by atoms with van der Waals surface area (Å²) in [6.45, 7) is 11.5. The van der Waals surface area contributed by atoms with Gasteiger partial charge in [-0.15, -0.1) is 0 Å². The highest BCUT2D eigenvalue weighted by Crippen LogP contribution is 2.37. The van der Waals surface area contributed by atoms with Gasteiger partial charge in [0.1, 0.15) is 0 Å². The largest absolute Gasteiger partial charge is 0.354 e. The highest BCUT2D eigenvalue weighted by atomic mass is 32.2. The molecule has 0 spiro atoms. The van der Waals surface area contributed by atoms with Crippen molar-refractivity contribution in [3.8, 4) is 0 Å². The van der Waals surface area contributed by atoms with Crippen LogP contribution in [-0.2, 0) is 9.84 Å². The molecule has 0 aromatic rings. The lowest BCUT2D eigenvalue weighted by Crippen LogP contribution is -2.44. The Kier molecular flexibility index (Phi) is 5.98. The van der Waals surface area contributed by atoms with Gasteiger partial charge in [-0.2, -0.15) is 0 Å². The van der Waals surface area contributed by atoms with E-state index in [2.05, 4.69) is 37.9 Å². The minimum Gasteiger partial charge on any atom is -0.354 e. The summed E-state index contributed by atoms with van der Waals surface area (Å²) in [6.07, 6.45) is 4.39. The topological polar surface area (TPSA) is 61.8 Å². The van der Waals surface area contributed by atoms with E-state index in [1.807, 2.05) is 0 Å². The molecular formula is C17H33N3O2S. The second-order valence-corrected chi connectivity index (χ2v) is 9.84. The van der Waals surface area contributed by atoms with E-state index >= 15 is 0 Å². The van der Waals surface area contributed by atoms with E-state index in [9.17, 15) is 8.42 Å². The minimum absolute atomic E-state index is 0.189. The Labute approximate surface area is 141 Å². The van der Waals surface area contributed by atoms with Gasteiger partial charge in [-0.25, -0.2) is 8.42 Å². The number of hydrogen-bond acceptors (Lipinski definition) is 3. The molecule has 5 nitrogen and oxygen atoms in total. The van der Waals surface area contributed by atoms with Gasteiger partial charge in [0.05, 0.1) is 11.5 Å². The molecule has 2 heterocycles. The molecular weight excluding hydrogens is 310 g/mol. The highest BCUT2D eigenvalue weighted by Gasteiger charge is 2.36. The Morgan fingerprint density at radius 3 is 2.52 bits per heavy atom. The molecule has 0 aliphatic carbocycles. The van der Waals surface area contributed by atoms with Crippen LogP contribution in [0.25, 0.3) is 0 Å². The molecule has 1 atom stereocenters. The summed E-state index contributed by atoms with van der Waals surface area (Å²) in [6, 6.07) is 0.333. The lowest BCUT2D eigenvalue weighted by molar-refractivity contribution is 0.275. The number of likely N-dealkylation sites (tertiary alicyclic amines) is 1. The molecule has 0 saturated carbocycles. The molecule has 2 aliphatic heterocycles. The lowest BCUT2D eigenvalue weighted by Gasteiger charge is -2.29. The fourth-order valence-electron chi connectivity index (χ4n) is 3.67. The Morgan fingerprint density at radius 1 is 1.35 bits per heavy atom. The van der Waals surface area contributed by atoms with E-state index in [0.29, 0.717) is 29.5 Å². The number of rotatable bonds is 5. The summed E-state index contributed by atoms with van der Waals surface area (Å²) in [7, 11) is -2.82. The van der Waals surface area contributed by atoms with Gasteiger partial charge < -0.3 is 10.2 Å². The fraction of sp³-hybridized carbons (Fsp3) is 0.941. The Morgan fingerprint density at radius 2 is 2.04 bits per heavy atom. The third-order valence-corrected chi connectivity index (χ3v) is 7.32. The first-order valence-electron chi connectivity index (χ1n) is 9.05. The van der Waals surface area contributed by atoms with Gasteiger partial charge in [-0.1, -0.05) is 13.8 Å². The van der Waals surface area contributed by atoms with Crippen molar-refractivity contribution in [1.82, 2.24) is 10.2 Å². The zero-order valence-corrected chi connectivity index (χ0v) is 16.0. The summed E-state index contributed by atoms with van der Waals surface area (Å²) in [5, 5.41) is 3.48. The van der Waals surface area contributed by atoms with Gasteiger partial charge >= 0.3 is 0 Å². The third kappa shape index (κ3) is 4.85. The average molecular weight is 344 g/mol. The van der Waals surface area contributed by atoms with Crippen LogP contribution in [0.2, 0.25) is 0 Å². The van der Waals surface area contributed by atoms with E-state index in [1.165, 1.54) is 19.3 Å². The van der Waals surface area contributed by atoms with Crippen molar-refractivity contribution in [1.29, 1.82) is 0 Å². The molecule has 6 heteroatoms. The van der Waals surface area contributed by atoms with Crippen LogP contribution in [0.15, 0.2) is 4.99 Å². The monoisotopic (exact) mass is 343 g/mol. The van der Waals surface area contributed by atoms with E-state index in [-0.39, 0.29) is 5.92 Å². The number of aliphatic imine (C=N–C) groups is 1. The van der Waals surface area contributed by atoms with Crippen LogP contribution in [0.5, 0.6) is 0 Å². The predicted octanol–water partition coefficient (Wildman–Crippen LogP) is 2.29. The molecule has 2 rings (SSSR count). The number of guanidine groups is 1. The van der Waals surface area contributed by atoms with Crippen molar-refractivity contribution < 1.29 is 8.42 Å². The van der Waals surface area contributed by atoms with Crippen LogP contribution in [0.4, 0.5) is 0 Å². The maximum absolute atomic E-state index is 11.6. The second kappa shape index (κ2) is 7.41. The zero-order valence-electron chi connectivity index (χ0n) is 15.1. The Bertz CT molecular complexity index is 524. The zero-order chi connectivity index (χ0) is 17.1. The molecule has 1 N–H and O–H groups in total. The summed E-state index contributed by atoms with van der Waals surface area (Å²) < 4.78 is 23.2. The van der Waals surface area contributed by atoms with E-state index < -0.39 is 9.84 Å². The lowest BCUT2D eigenvalue weighted by atomic mass is 9.82. The number of nitrogens with one attached hydrogen (secondary N) is 1. The molecule has 2 aliphatic rings. The molecule has 0 bridgehead atoms. The first kappa shape index (κ1) is 18.6. The highest BCUT2D eigenvalue weighted by molar-refractivity contribution is 7.91. The summed E-state index contributed by atoms with van der Waals surface area (Å²) in [4.78, 5) is 7.17. The van der Waals surface area contributed by atoms with Crippen LogP contribution in [0.3, 0.4) is 0 Å². The van der Waals surface area contributed by atoms with Crippen molar-refractivity contribution >= 4 is 15.8 Å². The fourth-order valence-corrected chi connectivity index (χ4v) is 5.52. The maximum Gasteiger partial charge on any atom is 0.194 e. The second-order valence-electron chi connectivity index (χ2n) is 7.61. The van der Waals surface area contributed by atoms with Gasteiger partial charge in [0.15, 0.2) is 15.8 Å². The SMILES string of the molecule is CCC1(CC)CCN(C(=NCC2CCS(=O)(=O)C2)NC(C)C)C1. The molecule has 0 amide bonds.